The second kappa shape index (κ2) is 15.8. The van der Waals surface area contributed by atoms with E-state index in [1.54, 1.807) is 26.8 Å². The number of rotatable bonds is 11. The number of carbonyl (C=O) groups excluding carboxylic acids is 5. The highest BCUT2D eigenvalue weighted by atomic mass is 32.1. The molecule has 2 aliphatic rings. The average molecular weight is 791 g/mol. The molecule has 0 saturated carbocycles. The van der Waals surface area contributed by atoms with Crippen molar-refractivity contribution >= 4 is 62.8 Å². The number of aliphatic hydroxyl groups excluding tert-OH is 1. The van der Waals surface area contributed by atoms with Crippen molar-refractivity contribution in [3.8, 4) is 21.7 Å². The Morgan fingerprint density at radius 1 is 0.947 bits per heavy atom. The van der Waals surface area contributed by atoms with E-state index in [1.165, 1.54) is 34.4 Å². The standard InChI is InChI=1S/C42H42N6O8S/c1-42(2,3)56-41(54)47(18-19-55-23-33(49)26-10-13-29-30(20-26)40(53)48(39(29)52)32-15-17-36(50)45-37(32)51)28-12-14-31-34(21-28)57-38(44-31)25-8-6-24(7-9-25)27-11-16-35(43-22-27)46(4)5/h6-14,16,20-22,32-33,49H,15,17-19,23H2,1-5H3,(H,45,50,51). The Morgan fingerprint density at radius 2 is 1.67 bits per heavy atom. The third-order valence-electron chi connectivity index (χ3n) is 9.55. The molecule has 0 bridgehead atoms. The molecule has 14 nitrogen and oxygen atoms in total. The van der Waals surface area contributed by atoms with Crippen LogP contribution in [0.2, 0.25) is 0 Å². The van der Waals surface area contributed by atoms with Crippen molar-refractivity contribution in [3.63, 3.8) is 0 Å². The second-order valence-electron chi connectivity index (χ2n) is 15.0. The normalized spacial score (nSPS) is 16.1. The van der Waals surface area contributed by atoms with Crippen molar-refractivity contribution in [2.45, 2.75) is 51.4 Å². The highest BCUT2D eigenvalue weighted by molar-refractivity contribution is 7.21. The molecule has 2 unspecified atom stereocenters. The summed E-state index contributed by atoms with van der Waals surface area (Å²) in [6, 6.07) is 21.0. The third kappa shape index (κ3) is 8.40. The zero-order valence-corrected chi connectivity index (χ0v) is 33.0. The number of imide groups is 2. The fourth-order valence-electron chi connectivity index (χ4n) is 6.62. The fraction of sp³-hybridized carbons (Fsp3) is 0.310. The van der Waals surface area contributed by atoms with Gasteiger partial charge < -0.3 is 19.5 Å². The number of anilines is 2. The summed E-state index contributed by atoms with van der Waals surface area (Å²) >= 11 is 1.51. The van der Waals surface area contributed by atoms with Crippen LogP contribution in [-0.4, -0.2) is 95.2 Å². The van der Waals surface area contributed by atoms with Gasteiger partial charge in [0.25, 0.3) is 11.8 Å². The molecule has 57 heavy (non-hydrogen) atoms. The molecule has 2 atom stereocenters. The van der Waals surface area contributed by atoms with E-state index in [0.29, 0.717) is 11.3 Å². The summed E-state index contributed by atoms with van der Waals surface area (Å²) < 4.78 is 12.4. The van der Waals surface area contributed by atoms with E-state index in [2.05, 4.69) is 10.3 Å². The Morgan fingerprint density at radius 3 is 2.35 bits per heavy atom. The van der Waals surface area contributed by atoms with Crippen LogP contribution in [0.5, 0.6) is 0 Å². The Labute approximate surface area is 333 Å². The van der Waals surface area contributed by atoms with E-state index in [0.717, 1.165) is 42.6 Å². The van der Waals surface area contributed by atoms with Gasteiger partial charge in [-0.05, 0) is 80.8 Å². The van der Waals surface area contributed by atoms with Crippen LogP contribution in [0.15, 0.2) is 79.0 Å². The highest BCUT2D eigenvalue weighted by Crippen LogP contribution is 2.35. The van der Waals surface area contributed by atoms with Crippen molar-refractivity contribution in [1.29, 1.82) is 0 Å². The number of carbonyl (C=O) groups is 5. The minimum Gasteiger partial charge on any atom is -0.443 e. The summed E-state index contributed by atoms with van der Waals surface area (Å²) in [5.74, 6) is -1.58. The molecule has 1 fully saturated rings. The van der Waals surface area contributed by atoms with Crippen LogP contribution >= 0.6 is 11.3 Å². The van der Waals surface area contributed by atoms with Crippen molar-refractivity contribution < 1.29 is 38.6 Å². The van der Waals surface area contributed by atoms with Crippen LogP contribution < -0.4 is 15.1 Å². The number of thiazole rings is 1. The summed E-state index contributed by atoms with van der Waals surface area (Å²) in [5, 5.41) is 14.0. The van der Waals surface area contributed by atoms with Crippen molar-refractivity contribution in [1.82, 2.24) is 20.2 Å². The van der Waals surface area contributed by atoms with Gasteiger partial charge >= 0.3 is 6.09 Å². The maximum absolute atomic E-state index is 13.5. The van der Waals surface area contributed by atoms with Crippen LogP contribution in [0, 0.1) is 0 Å². The molecule has 3 aromatic carbocycles. The van der Waals surface area contributed by atoms with Crippen LogP contribution in [-0.2, 0) is 19.1 Å². The molecular weight excluding hydrogens is 749 g/mol. The number of hydrogen-bond donors (Lipinski definition) is 2. The largest absolute Gasteiger partial charge is 0.443 e. The van der Waals surface area contributed by atoms with Gasteiger partial charge in [0.15, 0.2) is 0 Å². The number of nitrogens with one attached hydrogen (secondary N) is 1. The van der Waals surface area contributed by atoms with Crippen LogP contribution in [0.25, 0.3) is 31.9 Å². The number of aromatic nitrogens is 2. The number of pyridine rings is 1. The molecule has 4 heterocycles. The van der Waals surface area contributed by atoms with Gasteiger partial charge in [0.2, 0.25) is 11.8 Å². The Kier molecular flexibility index (Phi) is 10.9. The lowest BCUT2D eigenvalue weighted by molar-refractivity contribution is -0.136. The summed E-state index contributed by atoms with van der Waals surface area (Å²) in [4.78, 5) is 77.5. The maximum atomic E-state index is 13.5. The van der Waals surface area contributed by atoms with E-state index >= 15 is 0 Å². The molecule has 7 rings (SSSR count). The predicted molar refractivity (Wildman–Crippen MR) is 215 cm³/mol. The van der Waals surface area contributed by atoms with E-state index in [9.17, 15) is 29.1 Å². The van der Waals surface area contributed by atoms with E-state index in [4.69, 9.17) is 14.5 Å². The first-order valence-corrected chi connectivity index (χ1v) is 19.2. The van der Waals surface area contributed by atoms with Gasteiger partial charge in [-0.2, -0.15) is 0 Å². The molecule has 2 N–H and O–H groups in total. The molecule has 2 aromatic heterocycles. The lowest BCUT2D eigenvalue weighted by Crippen LogP contribution is -2.54. The molecule has 5 amide bonds. The van der Waals surface area contributed by atoms with Crippen molar-refractivity contribution in [2.75, 3.05) is 43.7 Å². The number of benzene rings is 3. The van der Waals surface area contributed by atoms with Crippen LogP contribution in [0.1, 0.15) is 66.0 Å². The Balaban J connectivity index is 1.01. The van der Waals surface area contributed by atoms with Gasteiger partial charge in [-0.25, -0.2) is 14.8 Å². The fourth-order valence-corrected chi connectivity index (χ4v) is 7.62. The van der Waals surface area contributed by atoms with Crippen LogP contribution in [0.3, 0.4) is 0 Å². The Hall–Kier alpha value is -6.03. The molecule has 0 aliphatic carbocycles. The lowest BCUT2D eigenvalue weighted by atomic mass is 10.0. The number of amides is 5. The first-order chi connectivity index (χ1) is 27.2. The monoisotopic (exact) mass is 790 g/mol. The summed E-state index contributed by atoms with van der Waals surface area (Å²) in [5.41, 5.74) is 4.12. The molecule has 2 aliphatic heterocycles. The summed E-state index contributed by atoms with van der Waals surface area (Å²) in [7, 11) is 3.91. The van der Waals surface area contributed by atoms with Gasteiger partial charge in [-0.1, -0.05) is 30.3 Å². The number of fused-ring (bicyclic) bond motifs is 2. The molecule has 0 spiro atoms. The molecule has 294 valence electrons. The summed E-state index contributed by atoms with van der Waals surface area (Å²) in [6.45, 7) is 5.32. The number of aliphatic hydroxyl groups is 1. The summed E-state index contributed by atoms with van der Waals surface area (Å²) in [6.07, 6.45) is 0.176. The minimum absolute atomic E-state index is 0.0131. The quantitative estimate of drug-likeness (QED) is 0.119. The SMILES string of the molecule is CN(C)c1ccc(-c2ccc(-c3nc4ccc(N(CCOCC(O)c5ccc6c(c5)C(=O)N(C5CCC(=O)NC5=O)C6=O)C(=O)OC(C)(C)C)cc4s3)cc2)cn1. The third-order valence-corrected chi connectivity index (χ3v) is 10.6. The lowest BCUT2D eigenvalue weighted by Gasteiger charge is -2.27. The maximum Gasteiger partial charge on any atom is 0.414 e. The number of hydrogen-bond acceptors (Lipinski definition) is 12. The zero-order valence-electron chi connectivity index (χ0n) is 32.1. The average Bonchev–Trinajstić information content (AvgIpc) is 3.71. The van der Waals surface area contributed by atoms with Crippen LogP contribution in [0.4, 0.5) is 16.3 Å². The minimum atomic E-state index is -1.17. The van der Waals surface area contributed by atoms with Crippen molar-refractivity contribution in [3.05, 3.63) is 95.7 Å². The first kappa shape index (κ1) is 39.2. The van der Waals surface area contributed by atoms with Gasteiger partial charge in [-0.15, -0.1) is 11.3 Å². The predicted octanol–water partition coefficient (Wildman–Crippen LogP) is 5.98. The van der Waals surface area contributed by atoms with E-state index < -0.39 is 47.5 Å². The molecule has 1 saturated heterocycles. The number of ether oxygens (including phenoxy) is 2. The topological polar surface area (TPSA) is 172 Å². The molecular formula is C42H42N6O8S. The molecule has 5 aromatic rings. The highest BCUT2D eigenvalue weighted by Gasteiger charge is 2.44. The van der Waals surface area contributed by atoms with Gasteiger partial charge in [0, 0.05) is 43.5 Å². The van der Waals surface area contributed by atoms with Gasteiger partial charge in [-0.3, -0.25) is 34.3 Å². The zero-order chi connectivity index (χ0) is 40.6. The first-order valence-electron chi connectivity index (χ1n) is 18.4. The van der Waals surface area contributed by atoms with E-state index in [1.807, 2.05) is 73.7 Å². The smallest absolute Gasteiger partial charge is 0.414 e. The van der Waals surface area contributed by atoms with Gasteiger partial charge in [0.1, 0.15) is 28.6 Å². The van der Waals surface area contributed by atoms with E-state index in [-0.39, 0.29) is 43.7 Å². The molecule has 15 heteroatoms. The number of nitrogens with zero attached hydrogens (tertiary/aromatic N) is 5. The van der Waals surface area contributed by atoms with Gasteiger partial charge in [0.05, 0.1) is 41.1 Å². The second-order valence-corrected chi connectivity index (χ2v) is 16.1. The molecule has 0 radical (unpaired) electrons. The number of piperidine rings is 1. The Bertz CT molecular complexity index is 2370. The van der Waals surface area contributed by atoms with Crippen molar-refractivity contribution in [2.24, 2.45) is 0 Å².